The van der Waals surface area contributed by atoms with Crippen molar-refractivity contribution in [1.29, 1.82) is 0 Å². The van der Waals surface area contributed by atoms with E-state index in [0.29, 0.717) is 0 Å². The molecule has 148 valence electrons. The zero-order valence-corrected chi connectivity index (χ0v) is 15.1. The Hall–Kier alpha value is -3.43. The number of hydrogen-bond donors (Lipinski definition) is 3. The monoisotopic (exact) mass is 388 g/mol. The number of hydrogen-bond acceptors (Lipinski definition) is 6. The van der Waals surface area contributed by atoms with E-state index in [1.807, 2.05) is 0 Å². The fourth-order valence-electron chi connectivity index (χ4n) is 3.01. The van der Waals surface area contributed by atoms with Crippen molar-refractivity contribution >= 4 is 29.7 Å². The minimum absolute atomic E-state index is 0.0601. The van der Waals surface area contributed by atoms with Gasteiger partial charge in [-0.15, -0.1) is 0 Å². The zero-order valence-electron chi connectivity index (χ0n) is 15.1. The van der Waals surface area contributed by atoms with Crippen molar-refractivity contribution in [3.05, 3.63) is 35.9 Å². The van der Waals surface area contributed by atoms with Crippen LogP contribution in [0.25, 0.3) is 0 Å². The van der Waals surface area contributed by atoms with Gasteiger partial charge in [0, 0.05) is 6.42 Å². The van der Waals surface area contributed by atoms with E-state index in [4.69, 9.17) is 4.74 Å². The minimum atomic E-state index is -1.23. The lowest BCUT2D eigenvalue weighted by atomic mass is 10.0. The molecule has 2 aliphatic heterocycles. The molecule has 2 saturated heterocycles. The summed E-state index contributed by atoms with van der Waals surface area (Å²) in [6, 6.07) is 6.78. The summed E-state index contributed by atoms with van der Waals surface area (Å²) in [6.45, 7) is 0.809. The summed E-state index contributed by atoms with van der Waals surface area (Å²) in [6.07, 6.45) is -2.13. The fourth-order valence-corrected chi connectivity index (χ4v) is 3.01. The van der Waals surface area contributed by atoms with E-state index in [0.717, 1.165) is 10.5 Å². The van der Waals surface area contributed by atoms with Crippen molar-refractivity contribution in [2.45, 2.75) is 31.5 Å². The lowest BCUT2D eigenvalue weighted by Crippen LogP contribution is -2.53. The van der Waals surface area contributed by atoms with Gasteiger partial charge in [0.05, 0.1) is 13.1 Å². The number of amides is 5. The summed E-state index contributed by atoms with van der Waals surface area (Å²) in [5.41, 5.74) is 0.724. The lowest BCUT2D eigenvalue weighted by molar-refractivity contribution is -0.137. The molecule has 0 spiro atoms. The molecule has 2 heterocycles. The number of imide groups is 1. The molecule has 1 aromatic rings. The van der Waals surface area contributed by atoms with Gasteiger partial charge in [-0.25, -0.2) is 9.69 Å². The lowest BCUT2D eigenvalue weighted by Gasteiger charge is -2.23. The van der Waals surface area contributed by atoms with E-state index >= 15 is 0 Å². The van der Waals surface area contributed by atoms with Crippen molar-refractivity contribution < 1.29 is 28.7 Å². The summed E-state index contributed by atoms with van der Waals surface area (Å²) in [4.78, 5) is 62.4. The molecule has 3 rings (SSSR count). The Labute approximate surface area is 160 Å². The molecule has 3 N–H and O–H groups in total. The van der Waals surface area contributed by atoms with Gasteiger partial charge in [0.25, 0.3) is 5.91 Å². The molecule has 2 fully saturated rings. The van der Waals surface area contributed by atoms with E-state index in [1.165, 1.54) is 6.92 Å². The molecular formula is C18H20N4O6. The maximum atomic E-state index is 12.7. The van der Waals surface area contributed by atoms with Gasteiger partial charge in [0.2, 0.25) is 17.7 Å². The summed E-state index contributed by atoms with van der Waals surface area (Å²) in [7, 11) is 0. The Bertz CT molecular complexity index is 812. The second-order valence-corrected chi connectivity index (χ2v) is 6.54. The number of ether oxygens (including phenoxy) is 1. The van der Waals surface area contributed by atoms with E-state index in [9.17, 15) is 24.0 Å². The van der Waals surface area contributed by atoms with Crippen LogP contribution in [0.5, 0.6) is 0 Å². The van der Waals surface area contributed by atoms with Crippen molar-refractivity contribution in [1.82, 2.24) is 20.9 Å². The molecule has 0 aromatic heterocycles. The molecule has 0 radical (unpaired) electrons. The van der Waals surface area contributed by atoms with Crippen LogP contribution in [0.4, 0.5) is 4.79 Å². The molecule has 10 heteroatoms. The highest BCUT2D eigenvalue weighted by Gasteiger charge is 2.47. The predicted octanol–water partition coefficient (Wildman–Crippen LogP) is -1.30. The van der Waals surface area contributed by atoms with E-state index < -0.39 is 54.5 Å². The van der Waals surface area contributed by atoms with Gasteiger partial charge < -0.3 is 20.7 Å². The van der Waals surface area contributed by atoms with Crippen LogP contribution in [0.2, 0.25) is 0 Å². The van der Waals surface area contributed by atoms with Gasteiger partial charge in [-0.2, -0.15) is 0 Å². The first kappa shape index (κ1) is 19.3. The van der Waals surface area contributed by atoms with Gasteiger partial charge in [-0.1, -0.05) is 30.3 Å². The second-order valence-electron chi connectivity index (χ2n) is 6.54. The topological polar surface area (TPSA) is 134 Å². The van der Waals surface area contributed by atoms with Crippen LogP contribution in [0.3, 0.4) is 0 Å². The maximum Gasteiger partial charge on any atom is 0.418 e. The Balaban J connectivity index is 1.90. The summed E-state index contributed by atoms with van der Waals surface area (Å²) >= 11 is 0. The van der Waals surface area contributed by atoms with Crippen LogP contribution in [0.1, 0.15) is 12.5 Å². The molecule has 0 aliphatic carbocycles. The number of nitrogens with zero attached hydrogens (tertiary/aromatic N) is 1. The number of rotatable bonds is 2. The van der Waals surface area contributed by atoms with Crippen LogP contribution in [0.15, 0.2) is 30.3 Å². The highest BCUT2D eigenvalue weighted by molar-refractivity contribution is 6.05. The third kappa shape index (κ3) is 4.11. The molecule has 1 aromatic carbocycles. The molecule has 0 unspecified atom stereocenters. The quantitative estimate of drug-likeness (QED) is 0.576. The normalized spacial score (nSPS) is 26.2. The smallest absolute Gasteiger partial charge is 0.418 e. The van der Waals surface area contributed by atoms with Gasteiger partial charge in [-0.05, 0) is 12.5 Å². The average molecular weight is 388 g/mol. The highest BCUT2D eigenvalue weighted by atomic mass is 16.6. The Kier molecular flexibility index (Phi) is 5.57. The first-order valence-electron chi connectivity index (χ1n) is 8.79. The third-order valence-electron chi connectivity index (χ3n) is 4.49. The first-order valence-corrected chi connectivity index (χ1v) is 8.79. The van der Waals surface area contributed by atoms with Crippen LogP contribution < -0.4 is 16.0 Å². The standard InChI is InChI=1S/C18H20N4O6/c1-10-15(24)19-8-13-17(26)22(18(27)28-13)12(7-11-5-3-2-4-6-11)16(25)20-9-14(23)21-10/h2-6,10,12-13H,7-9H2,1H3,(H,19,24)(H,20,25)(H,21,23)/t10-,12-,13-/m0/s1. The van der Waals surface area contributed by atoms with Crippen LogP contribution >= 0.6 is 0 Å². The number of nitrogens with one attached hydrogen (secondary N) is 3. The Morgan fingerprint density at radius 2 is 1.75 bits per heavy atom. The maximum absolute atomic E-state index is 12.7. The summed E-state index contributed by atoms with van der Waals surface area (Å²) in [5, 5.41) is 7.32. The van der Waals surface area contributed by atoms with Crippen LogP contribution in [0, 0.1) is 0 Å². The molecule has 2 aliphatic rings. The SMILES string of the molecule is C[C@@H]1NC(=O)CNC(=O)[C@H](Cc2ccccc2)N2C(=O)O[C@@H](CNC1=O)C2=O. The molecular weight excluding hydrogens is 368 g/mol. The van der Waals surface area contributed by atoms with Gasteiger partial charge >= 0.3 is 6.09 Å². The van der Waals surface area contributed by atoms with Crippen LogP contribution in [-0.2, 0) is 30.3 Å². The van der Waals surface area contributed by atoms with Gasteiger partial charge in [0.15, 0.2) is 6.10 Å². The Morgan fingerprint density at radius 3 is 2.46 bits per heavy atom. The number of benzene rings is 1. The largest absolute Gasteiger partial charge is 0.434 e. The highest BCUT2D eigenvalue weighted by Crippen LogP contribution is 2.19. The van der Waals surface area contributed by atoms with E-state index in [-0.39, 0.29) is 13.0 Å². The number of carbonyl (C=O) groups excluding carboxylic acids is 5. The summed E-state index contributed by atoms with van der Waals surface area (Å²) in [5.74, 6) is -2.49. The van der Waals surface area contributed by atoms with Crippen molar-refractivity contribution in [2.24, 2.45) is 0 Å². The molecule has 3 atom stereocenters. The van der Waals surface area contributed by atoms with Crippen molar-refractivity contribution in [2.75, 3.05) is 13.1 Å². The van der Waals surface area contributed by atoms with Crippen LogP contribution in [-0.4, -0.2) is 65.9 Å². The van der Waals surface area contributed by atoms with E-state index in [2.05, 4.69) is 16.0 Å². The molecule has 0 saturated carbocycles. The Morgan fingerprint density at radius 1 is 1.04 bits per heavy atom. The van der Waals surface area contributed by atoms with Gasteiger partial charge in [0.1, 0.15) is 12.1 Å². The second kappa shape index (κ2) is 8.07. The van der Waals surface area contributed by atoms with Crippen molar-refractivity contribution in [3.63, 3.8) is 0 Å². The minimum Gasteiger partial charge on any atom is -0.434 e. The molecule has 10 nitrogen and oxygen atoms in total. The number of fused-ring (bicyclic) bond motifs is 2. The molecule has 5 amide bonds. The van der Waals surface area contributed by atoms with Crippen molar-refractivity contribution in [3.8, 4) is 0 Å². The summed E-state index contributed by atoms with van der Waals surface area (Å²) < 4.78 is 5.06. The third-order valence-corrected chi connectivity index (χ3v) is 4.49. The predicted molar refractivity (Wildman–Crippen MR) is 94.7 cm³/mol. The zero-order chi connectivity index (χ0) is 20.3. The molecule has 28 heavy (non-hydrogen) atoms. The number of carbonyl (C=O) groups is 5. The fraction of sp³-hybridized carbons (Fsp3) is 0.389. The van der Waals surface area contributed by atoms with E-state index in [1.54, 1.807) is 30.3 Å². The van der Waals surface area contributed by atoms with Gasteiger partial charge in [-0.3, -0.25) is 19.2 Å². The first-order chi connectivity index (χ1) is 13.4. The average Bonchev–Trinajstić information content (AvgIpc) is 2.96. The molecule has 2 bridgehead atoms.